The fourth-order valence-corrected chi connectivity index (χ4v) is 5.36. The number of hydrogen-bond donors (Lipinski definition) is 1. The SMILES string of the molecule is CS(=O)(=O)C1CCN(C(=O)c2ccc(S(=O)(=O)NCC3CCCO3)cc2)C1. The zero-order chi connectivity index (χ0) is 19.7. The fourth-order valence-electron chi connectivity index (χ4n) is 3.31. The van der Waals surface area contributed by atoms with Crippen molar-refractivity contribution in [3.63, 3.8) is 0 Å². The van der Waals surface area contributed by atoms with E-state index in [1.807, 2.05) is 0 Å². The molecule has 0 aromatic heterocycles. The largest absolute Gasteiger partial charge is 0.377 e. The summed E-state index contributed by atoms with van der Waals surface area (Å²) in [5, 5.41) is -0.539. The van der Waals surface area contributed by atoms with E-state index in [9.17, 15) is 21.6 Å². The standard InChI is InChI=1S/C17H24N2O6S2/c1-26(21,22)16-8-9-19(12-16)17(20)13-4-6-15(7-5-13)27(23,24)18-11-14-3-2-10-25-14/h4-7,14,16,18H,2-3,8-12H2,1H3. The maximum Gasteiger partial charge on any atom is 0.253 e. The highest BCUT2D eigenvalue weighted by molar-refractivity contribution is 7.91. The van der Waals surface area contributed by atoms with E-state index in [-0.39, 0.29) is 30.0 Å². The minimum absolute atomic E-state index is 0.0764. The number of carbonyl (C=O) groups is 1. The maximum absolute atomic E-state index is 12.5. The summed E-state index contributed by atoms with van der Waals surface area (Å²) in [6.45, 7) is 1.42. The molecule has 2 unspecified atom stereocenters. The van der Waals surface area contributed by atoms with Crippen molar-refractivity contribution in [3.8, 4) is 0 Å². The molecule has 1 amide bonds. The number of sulfonamides is 1. The second-order valence-corrected chi connectivity index (χ2v) is 11.1. The molecule has 1 aromatic rings. The molecule has 8 nitrogen and oxygen atoms in total. The highest BCUT2D eigenvalue weighted by Crippen LogP contribution is 2.20. The molecule has 27 heavy (non-hydrogen) atoms. The van der Waals surface area contributed by atoms with Crippen LogP contribution in [0.25, 0.3) is 0 Å². The molecule has 3 rings (SSSR count). The highest BCUT2D eigenvalue weighted by atomic mass is 32.2. The first-order valence-corrected chi connectivity index (χ1v) is 12.3. The van der Waals surface area contributed by atoms with Crippen LogP contribution >= 0.6 is 0 Å². The number of carbonyl (C=O) groups excluding carboxylic acids is 1. The van der Waals surface area contributed by atoms with Gasteiger partial charge in [0.05, 0.1) is 16.2 Å². The minimum atomic E-state index is -3.67. The topological polar surface area (TPSA) is 110 Å². The van der Waals surface area contributed by atoms with Crippen LogP contribution in [0.4, 0.5) is 0 Å². The number of likely N-dealkylation sites (tertiary alicyclic amines) is 1. The van der Waals surface area contributed by atoms with E-state index in [1.54, 1.807) is 0 Å². The van der Waals surface area contributed by atoms with E-state index in [0.29, 0.717) is 25.1 Å². The maximum atomic E-state index is 12.5. The summed E-state index contributed by atoms with van der Waals surface area (Å²) in [5.41, 5.74) is 0.335. The Morgan fingerprint density at radius 1 is 1.19 bits per heavy atom. The smallest absolute Gasteiger partial charge is 0.253 e. The third-order valence-corrected chi connectivity index (χ3v) is 8.01. The summed E-state index contributed by atoms with van der Waals surface area (Å²) in [4.78, 5) is 14.1. The van der Waals surface area contributed by atoms with Gasteiger partial charge in [0.15, 0.2) is 9.84 Å². The molecule has 0 radical (unpaired) electrons. The number of sulfone groups is 1. The number of rotatable bonds is 6. The second kappa shape index (κ2) is 7.86. The van der Waals surface area contributed by atoms with Crippen LogP contribution in [-0.4, -0.2) is 71.5 Å². The van der Waals surface area contributed by atoms with Crippen LogP contribution in [0, 0.1) is 0 Å². The predicted molar refractivity (Wildman–Crippen MR) is 99.8 cm³/mol. The minimum Gasteiger partial charge on any atom is -0.377 e. The monoisotopic (exact) mass is 416 g/mol. The molecule has 10 heteroatoms. The van der Waals surface area contributed by atoms with E-state index in [0.717, 1.165) is 12.8 Å². The number of amides is 1. The van der Waals surface area contributed by atoms with Crippen LogP contribution in [0.3, 0.4) is 0 Å². The molecule has 2 atom stereocenters. The van der Waals surface area contributed by atoms with Crippen LogP contribution in [0.15, 0.2) is 29.2 Å². The summed E-state index contributed by atoms with van der Waals surface area (Å²) in [7, 11) is -6.85. The Bertz CT molecular complexity index is 890. The lowest BCUT2D eigenvalue weighted by atomic mass is 10.2. The summed E-state index contributed by atoms with van der Waals surface area (Å²) >= 11 is 0. The number of benzene rings is 1. The van der Waals surface area contributed by atoms with Gasteiger partial charge in [-0.3, -0.25) is 4.79 Å². The molecule has 0 bridgehead atoms. The molecule has 2 aliphatic rings. The lowest BCUT2D eigenvalue weighted by Gasteiger charge is -2.16. The normalized spacial score (nSPS) is 23.7. The van der Waals surface area contributed by atoms with Gasteiger partial charge in [-0.1, -0.05) is 0 Å². The van der Waals surface area contributed by atoms with Crippen LogP contribution < -0.4 is 4.72 Å². The van der Waals surface area contributed by atoms with Crippen molar-refractivity contribution in [3.05, 3.63) is 29.8 Å². The van der Waals surface area contributed by atoms with Gasteiger partial charge in [0.25, 0.3) is 5.91 Å². The first-order chi connectivity index (χ1) is 12.7. The summed E-state index contributed by atoms with van der Waals surface area (Å²) in [6, 6.07) is 5.68. The van der Waals surface area contributed by atoms with Crippen LogP contribution in [0.5, 0.6) is 0 Å². The second-order valence-electron chi connectivity index (χ2n) is 7.00. The van der Waals surface area contributed by atoms with Gasteiger partial charge >= 0.3 is 0 Å². The quantitative estimate of drug-likeness (QED) is 0.719. The first kappa shape index (κ1) is 20.2. The van der Waals surface area contributed by atoms with Gasteiger partial charge in [0.1, 0.15) is 0 Å². The third kappa shape index (κ3) is 4.87. The molecule has 2 heterocycles. The van der Waals surface area contributed by atoms with Crippen LogP contribution in [0.2, 0.25) is 0 Å². The predicted octanol–water partition coefficient (Wildman–Crippen LogP) is 0.403. The zero-order valence-electron chi connectivity index (χ0n) is 15.1. The third-order valence-electron chi connectivity index (χ3n) is 4.97. The number of nitrogens with zero attached hydrogens (tertiary/aromatic N) is 1. The van der Waals surface area contributed by atoms with Gasteiger partial charge in [-0.05, 0) is 43.5 Å². The molecule has 0 spiro atoms. The van der Waals surface area contributed by atoms with Crippen molar-refractivity contribution in [2.75, 3.05) is 32.5 Å². The Morgan fingerprint density at radius 3 is 2.44 bits per heavy atom. The van der Waals surface area contributed by atoms with E-state index < -0.39 is 25.1 Å². The molecule has 2 aliphatic heterocycles. The Hall–Kier alpha value is -1.49. The highest BCUT2D eigenvalue weighted by Gasteiger charge is 2.33. The van der Waals surface area contributed by atoms with E-state index in [4.69, 9.17) is 4.74 Å². The Morgan fingerprint density at radius 2 is 1.89 bits per heavy atom. The van der Waals surface area contributed by atoms with Crippen molar-refractivity contribution in [1.29, 1.82) is 0 Å². The molecule has 0 aliphatic carbocycles. The summed E-state index contributed by atoms with van der Waals surface area (Å²) in [6.07, 6.45) is 3.26. The first-order valence-electron chi connectivity index (χ1n) is 8.86. The van der Waals surface area contributed by atoms with Gasteiger partial charge in [-0.2, -0.15) is 0 Å². The lowest BCUT2D eigenvalue weighted by molar-refractivity contribution is 0.0793. The van der Waals surface area contributed by atoms with Crippen molar-refractivity contribution >= 4 is 25.8 Å². The van der Waals surface area contributed by atoms with Crippen molar-refractivity contribution < 1.29 is 26.4 Å². The Labute approximate surface area is 159 Å². The van der Waals surface area contributed by atoms with Gasteiger partial charge in [-0.15, -0.1) is 0 Å². The van der Waals surface area contributed by atoms with E-state index >= 15 is 0 Å². The molecule has 150 valence electrons. The Kier molecular flexibility index (Phi) is 5.90. The molecule has 1 aromatic carbocycles. The van der Waals surface area contributed by atoms with Gasteiger partial charge in [-0.25, -0.2) is 21.6 Å². The van der Waals surface area contributed by atoms with E-state index in [2.05, 4.69) is 4.72 Å². The Balaban J connectivity index is 1.63. The molecule has 0 saturated carbocycles. The number of ether oxygens (including phenoxy) is 1. The molecular formula is C17H24N2O6S2. The molecular weight excluding hydrogens is 392 g/mol. The van der Waals surface area contributed by atoms with Gasteiger partial charge in [0.2, 0.25) is 10.0 Å². The average Bonchev–Trinajstić information content (AvgIpc) is 3.31. The van der Waals surface area contributed by atoms with Crippen molar-refractivity contribution in [1.82, 2.24) is 9.62 Å². The summed E-state index contributed by atoms with van der Waals surface area (Å²) < 4.78 is 55.9. The van der Waals surface area contributed by atoms with Gasteiger partial charge in [0, 0.05) is 38.1 Å². The van der Waals surface area contributed by atoms with E-state index in [1.165, 1.54) is 35.4 Å². The van der Waals surface area contributed by atoms with Crippen molar-refractivity contribution in [2.24, 2.45) is 0 Å². The molecule has 2 fully saturated rings. The number of hydrogen-bond acceptors (Lipinski definition) is 6. The average molecular weight is 417 g/mol. The molecule has 1 N–H and O–H groups in total. The summed E-state index contributed by atoms with van der Waals surface area (Å²) in [5.74, 6) is -0.294. The number of nitrogens with one attached hydrogen (secondary N) is 1. The van der Waals surface area contributed by atoms with Gasteiger partial charge < -0.3 is 9.64 Å². The molecule has 2 saturated heterocycles. The van der Waals surface area contributed by atoms with Crippen LogP contribution in [0.1, 0.15) is 29.6 Å². The lowest BCUT2D eigenvalue weighted by Crippen LogP contribution is -2.32. The zero-order valence-corrected chi connectivity index (χ0v) is 16.8. The van der Waals surface area contributed by atoms with Crippen LogP contribution in [-0.2, 0) is 24.6 Å². The van der Waals surface area contributed by atoms with Crippen molar-refractivity contribution in [2.45, 2.75) is 35.5 Å². The fraction of sp³-hybridized carbons (Fsp3) is 0.588.